The molecular formula is C11H22N3O2+. The summed E-state index contributed by atoms with van der Waals surface area (Å²) >= 11 is 0. The number of primary amides is 1. The van der Waals surface area contributed by atoms with Gasteiger partial charge in [0, 0.05) is 32.0 Å². The van der Waals surface area contributed by atoms with Crippen molar-refractivity contribution in [1.29, 1.82) is 0 Å². The molecule has 2 amide bonds. The zero-order valence-corrected chi connectivity index (χ0v) is 10.0. The van der Waals surface area contributed by atoms with Gasteiger partial charge >= 0.3 is 6.03 Å². The van der Waals surface area contributed by atoms with Gasteiger partial charge in [0.2, 0.25) is 0 Å². The van der Waals surface area contributed by atoms with Gasteiger partial charge < -0.3 is 10.5 Å². The molecule has 0 spiro atoms. The lowest BCUT2D eigenvalue weighted by Crippen LogP contribution is -2.60. The van der Waals surface area contributed by atoms with Gasteiger partial charge in [0.15, 0.2) is 0 Å². The molecule has 0 bridgehead atoms. The van der Waals surface area contributed by atoms with E-state index >= 15 is 0 Å². The molecule has 2 rings (SSSR count). The SMILES string of the molecule is C[N+]1(C(N)=O)CCC(N2CCOCC2)CC1. The highest BCUT2D eigenvalue weighted by molar-refractivity contribution is 5.64. The smallest absolute Gasteiger partial charge is 0.379 e. The maximum atomic E-state index is 11.3. The summed E-state index contributed by atoms with van der Waals surface area (Å²) in [6, 6.07) is 0.426. The van der Waals surface area contributed by atoms with Crippen LogP contribution in [0.25, 0.3) is 0 Å². The number of likely N-dealkylation sites (tertiary alicyclic amines) is 1. The van der Waals surface area contributed by atoms with Crippen LogP contribution in [0, 0.1) is 0 Å². The molecule has 92 valence electrons. The molecule has 0 unspecified atom stereocenters. The van der Waals surface area contributed by atoms with Crippen molar-refractivity contribution in [2.24, 2.45) is 5.73 Å². The number of nitrogens with two attached hydrogens (primary N) is 1. The van der Waals surface area contributed by atoms with Gasteiger partial charge in [-0.15, -0.1) is 0 Å². The van der Waals surface area contributed by atoms with Crippen molar-refractivity contribution in [2.75, 3.05) is 46.4 Å². The maximum absolute atomic E-state index is 11.3. The van der Waals surface area contributed by atoms with Crippen LogP contribution in [0.3, 0.4) is 0 Å². The van der Waals surface area contributed by atoms with Crippen LogP contribution in [-0.4, -0.2) is 67.9 Å². The molecule has 2 fully saturated rings. The van der Waals surface area contributed by atoms with Crippen LogP contribution in [0.1, 0.15) is 12.8 Å². The molecule has 2 heterocycles. The van der Waals surface area contributed by atoms with E-state index in [4.69, 9.17) is 10.5 Å². The number of rotatable bonds is 1. The maximum Gasteiger partial charge on any atom is 0.413 e. The van der Waals surface area contributed by atoms with Crippen LogP contribution in [0.2, 0.25) is 0 Å². The minimum absolute atomic E-state index is 0.194. The zero-order chi connectivity index (χ0) is 11.6. The highest BCUT2D eigenvalue weighted by Gasteiger charge is 2.37. The van der Waals surface area contributed by atoms with Crippen LogP contribution >= 0.6 is 0 Å². The lowest BCUT2D eigenvalue weighted by atomic mass is 10.0. The van der Waals surface area contributed by atoms with Crippen molar-refractivity contribution in [2.45, 2.75) is 18.9 Å². The lowest BCUT2D eigenvalue weighted by Gasteiger charge is -2.42. The fourth-order valence-corrected chi connectivity index (χ4v) is 2.65. The monoisotopic (exact) mass is 228 g/mol. The molecule has 2 aliphatic rings. The summed E-state index contributed by atoms with van der Waals surface area (Å²) in [5.41, 5.74) is 5.43. The number of hydrogen-bond acceptors (Lipinski definition) is 3. The molecular weight excluding hydrogens is 206 g/mol. The molecule has 16 heavy (non-hydrogen) atoms. The van der Waals surface area contributed by atoms with Crippen LogP contribution in [0.15, 0.2) is 0 Å². The van der Waals surface area contributed by atoms with E-state index in [1.54, 1.807) is 0 Å². The molecule has 0 aromatic heterocycles. The summed E-state index contributed by atoms with van der Waals surface area (Å²) in [5.74, 6) is 0. The first-order valence-electron chi connectivity index (χ1n) is 6.08. The molecule has 0 aromatic carbocycles. The van der Waals surface area contributed by atoms with Gasteiger partial charge in [-0.2, -0.15) is 0 Å². The van der Waals surface area contributed by atoms with Crippen molar-refractivity contribution in [3.05, 3.63) is 0 Å². The van der Waals surface area contributed by atoms with Gasteiger partial charge in [-0.05, 0) is 0 Å². The summed E-state index contributed by atoms with van der Waals surface area (Å²) < 4.78 is 5.75. The van der Waals surface area contributed by atoms with E-state index in [0.717, 1.165) is 52.2 Å². The van der Waals surface area contributed by atoms with Gasteiger partial charge in [0.1, 0.15) is 0 Å². The normalized spacial score (nSPS) is 37.2. The number of piperidine rings is 1. The Morgan fingerprint density at radius 2 is 1.88 bits per heavy atom. The molecule has 0 aliphatic carbocycles. The molecule has 0 radical (unpaired) electrons. The molecule has 2 aliphatic heterocycles. The second-order valence-electron chi connectivity index (χ2n) is 5.06. The number of quaternary nitrogens is 1. The third-order valence-corrected chi connectivity index (χ3v) is 4.01. The predicted octanol–water partition coefficient (Wildman–Crippen LogP) is 0.00630. The summed E-state index contributed by atoms with van der Waals surface area (Å²) in [6.07, 6.45) is 2.14. The van der Waals surface area contributed by atoms with E-state index in [2.05, 4.69) is 4.90 Å². The van der Waals surface area contributed by atoms with Crippen molar-refractivity contribution >= 4 is 6.03 Å². The molecule has 0 atom stereocenters. The van der Waals surface area contributed by atoms with Gasteiger partial charge in [0.25, 0.3) is 0 Å². The van der Waals surface area contributed by atoms with E-state index in [1.807, 2.05) is 7.05 Å². The van der Waals surface area contributed by atoms with Gasteiger partial charge in [-0.3, -0.25) is 4.90 Å². The molecule has 2 saturated heterocycles. The first-order valence-corrected chi connectivity index (χ1v) is 6.08. The molecule has 5 nitrogen and oxygen atoms in total. The predicted molar refractivity (Wildman–Crippen MR) is 60.9 cm³/mol. The summed E-state index contributed by atoms with van der Waals surface area (Å²) in [5, 5.41) is 0. The van der Waals surface area contributed by atoms with Crippen LogP contribution in [0.5, 0.6) is 0 Å². The molecule has 0 saturated carbocycles. The summed E-state index contributed by atoms with van der Waals surface area (Å²) in [4.78, 5) is 13.8. The Bertz CT molecular complexity index is 256. The Labute approximate surface area is 96.7 Å². The Kier molecular flexibility index (Phi) is 3.47. The van der Waals surface area contributed by atoms with Crippen molar-refractivity contribution < 1.29 is 14.0 Å². The number of morpholine rings is 1. The fourth-order valence-electron chi connectivity index (χ4n) is 2.65. The van der Waals surface area contributed by atoms with E-state index in [1.165, 1.54) is 0 Å². The minimum atomic E-state index is -0.194. The van der Waals surface area contributed by atoms with Gasteiger partial charge in [-0.25, -0.2) is 9.28 Å². The van der Waals surface area contributed by atoms with Crippen molar-refractivity contribution in [3.63, 3.8) is 0 Å². The third-order valence-electron chi connectivity index (χ3n) is 4.01. The van der Waals surface area contributed by atoms with Gasteiger partial charge in [0.05, 0.1) is 33.4 Å². The number of amides is 2. The van der Waals surface area contributed by atoms with E-state index in [0.29, 0.717) is 10.5 Å². The average Bonchev–Trinajstić information content (AvgIpc) is 2.31. The highest BCUT2D eigenvalue weighted by Crippen LogP contribution is 2.21. The molecule has 5 heteroatoms. The van der Waals surface area contributed by atoms with E-state index in [9.17, 15) is 4.79 Å². The Hall–Kier alpha value is -0.650. The van der Waals surface area contributed by atoms with Crippen LogP contribution in [0.4, 0.5) is 4.79 Å². The second kappa shape index (κ2) is 4.69. The van der Waals surface area contributed by atoms with Gasteiger partial charge in [-0.1, -0.05) is 0 Å². The quantitative estimate of drug-likeness (QED) is 0.643. The molecule has 2 N–H and O–H groups in total. The van der Waals surface area contributed by atoms with Crippen LogP contribution < -0.4 is 5.73 Å². The lowest BCUT2D eigenvalue weighted by molar-refractivity contribution is -0.835. The highest BCUT2D eigenvalue weighted by atomic mass is 16.5. The second-order valence-corrected chi connectivity index (χ2v) is 5.06. The first-order chi connectivity index (χ1) is 7.62. The summed E-state index contributed by atoms with van der Waals surface area (Å²) in [6.45, 7) is 5.50. The average molecular weight is 228 g/mol. The standard InChI is InChI=1S/C11H21N3O2/c1-14(11(12)15)6-2-10(3-7-14)13-4-8-16-9-5-13/h10H,2-9H2,1H3,(H-,12,15)/p+1. The van der Waals surface area contributed by atoms with Crippen LogP contribution in [-0.2, 0) is 4.74 Å². The fraction of sp³-hybridized carbons (Fsp3) is 0.909. The number of carbonyl (C=O) groups excluding carboxylic acids is 1. The van der Waals surface area contributed by atoms with E-state index < -0.39 is 0 Å². The Morgan fingerprint density at radius 3 is 2.38 bits per heavy atom. The van der Waals surface area contributed by atoms with Crippen molar-refractivity contribution in [1.82, 2.24) is 4.90 Å². The Morgan fingerprint density at radius 1 is 1.31 bits per heavy atom. The number of hydrogen-bond donors (Lipinski definition) is 1. The zero-order valence-electron chi connectivity index (χ0n) is 10.0. The minimum Gasteiger partial charge on any atom is -0.379 e. The summed E-state index contributed by atoms with van der Waals surface area (Å²) in [7, 11) is 1.94. The number of nitrogens with zero attached hydrogens (tertiary/aromatic N) is 2. The van der Waals surface area contributed by atoms with Crippen molar-refractivity contribution in [3.8, 4) is 0 Å². The number of carbonyl (C=O) groups is 1. The first kappa shape index (κ1) is 11.8. The largest absolute Gasteiger partial charge is 0.413 e. The number of ether oxygens (including phenoxy) is 1. The third kappa shape index (κ3) is 2.36. The van der Waals surface area contributed by atoms with E-state index in [-0.39, 0.29) is 6.03 Å². The number of urea groups is 1. The topological polar surface area (TPSA) is 55.6 Å². The Balaban J connectivity index is 1.87. The molecule has 0 aromatic rings.